The second kappa shape index (κ2) is 10.4. The Kier molecular flexibility index (Phi) is 7.56. The van der Waals surface area contributed by atoms with Crippen molar-refractivity contribution in [2.24, 2.45) is 35.0 Å². The number of amides is 1. The minimum absolute atomic E-state index is 0.0934. The highest BCUT2D eigenvalue weighted by atomic mass is 16.3. The lowest BCUT2D eigenvalue weighted by atomic mass is 9.57. The molecule has 5 heteroatoms. The van der Waals surface area contributed by atoms with Gasteiger partial charge >= 0.3 is 0 Å². The van der Waals surface area contributed by atoms with Crippen LogP contribution in [-0.2, 0) is 11.3 Å². The number of rotatable bonds is 10. The third-order valence-corrected chi connectivity index (χ3v) is 8.62. The highest BCUT2D eigenvalue weighted by Gasteiger charge is 2.69. The summed E-state index contributed by atoms with van der Waals surface area (Å²) in [6.07, 6.45) is 13.1. The van der Waals surface area contributed by atoms with Crippen LogP contribution in [0, 0.1) is 46.8 Å². The predicted octanol–water partition coefficient (Wildman–Crippen LogP) is 3.86. The summed E-state index contributed by atoms with van der Waals surface area (Å²) in [7, 11) is 0. The molecule has 5 nitrogen and oxygen atoms in total. The van der Waals surface area contributed by atoms with Gasteiger partial charge in [-0.15, -0.1) is 11.8 Å². The quantitative estimate of drug-likeness (QED) is 0.373. The Morgan fingerprint density at radius 1 is 1.36 bits per heavy atom. The van der Waals surface area contributed by atoms with Crippen LogP contribution in [0.3, 0.4) is 0 Å². The van der Waals surface area contributed by atoms with Gasteiger partial charge in [0.05, 0.1) is 12.2 Å². The van der Waals surface area contributed by atoms with E-state index >= 15 is 0 Å². The highest BCUT2D eigenvalue weighted by molar-refractivity contribution is 5.75. The first-order chi connectivity index (χ1) is 15.9. The first-order valence-electron chi connectivity index (χ1n) is 12.5. The fourth-order valence-corrected chi connectivity index (χ4v) is 6.92. The summed E-state index contributed by atoms with van der Waals surface area (Å²) in [4.78, 5) is 16.3. The van der Waals surface area contributed by atoms with Crippen molar-refractivity contribution in [2.45, 2.75) is 77.5 Å². The molecule has 178 valence electrons. The molecule has 2 bridgehead atoms. The summed E-state index contributed by atoms with van der Waals surface area (Å²) < 4.78 is 0. The second-order valence-electron chi connectivity index (χ2n) is 10.5. The molecular weight excluding hydrogens is 412 g/mol. The fraction of sp³-hybridized carbons (Fsp3) is 0.643. The predicted molar refractivity (Wildman–Crippen MR) is 129 cm³/mol. The molecule has 1 aromatic heterocycles. The molecule has 1 spiro atoms. The number of hydrogen-bond acceptors (Lipinski definition) is 4. The molecule has 3 N–H and O–H groups in total. The Labute approximate surface area is 198 Å². The number of aromatic nitrogens is 1. The third-order valence-electron chi connectivity index (χ3n) is 8.62. The van der Waals surface area contributed by atoms with Crippen LogP contribution < -0.4 is 5.32 Å². The molecule has 5 rings (SSSR count). The average molecular weight is 451 g/mol. The van der Waals surface area contributed by atoms with Gasteiger partial charge in [-0.05, 0) is 85.8 Å². The largest absolute Gasteiger partial charge is 0.392 e. The van der Waals surface area contributed by atoms with Crippen molar-refractivity contribution >= 4 is 5.91 Å². The van der Waals surface area contributed by atoms with Crippen molar-refractivity contribution in [3.63, 3.8) is 0 Å². The molecule has 1 aromatic rings. The van der Waals surface area contributed by atoms with Gasteiger partial charge in [0.15, 0.2) is 0 Å². The van der Waals surface area contributed by atoms with Crippen LogP contribution >= 0.6 is 0 Å². The fourth-order valence-electron chi connectivity index (χ4n) is 6.92. The third kappa shape index (κ3) is 5.03. The summed E-state index contributed by atoms with van der Waals surface area (Å²) in [5, 5.41) is 24.3. The maximum atomic E-state index is 12.3. The van der Waals surface area contributed by atoms with Gasteiger partial charge in [-0.1, -0.05) is 19.1 Å². The number of aliphatic hydroxyl groups excluding tert-OH is 2. The summed E-state index contributed by atoms with van der Waals surface area (Å²) in [5.41, 5.74) is 1.31. The number of carbonyl (C=O) groups is 1. The molecule has 33 heavy (non-hydrogen) atoms. The molecule has 4 saturated carbocycles. The Morgan fingerprint density at radius 3 is 2.91 bits per heavy atom. The van der Waals surface area contributed by atoms with E-state index in [1.807, 2.05) is 32.1 Å². The normalized spacial score (nSPS) is 33.6. The summed E-state index contributed by atoms with van der Waals surface area (Å²) in [6.45, 7) is 4.39. The van der Waals surface area contributed by atoms with E-state index in [0.717, 1.165) is 30.7 Å². The lowest BCUT2D eigenvalue weighted by Gasteiger charge is -2.48. The van der Waals surface area contributed by atoms with E-state index in [1.54, 1.807) is 12.4 Å². The molecule has 1 amide bonds. The molecule has 4 fully saturated rings. The molecule has 4 aliphatic rings. The van der Waals surface area contributed by atoms with Gasteiger partial charge in [-0.3, -0.25) is 9.78 Å². The molecule has 0 saturated heterocycles. The average Bonchev–Trinajstić information content (AvgIpc) is 3.41. The molecule has 0 aliphatic heterocycles. The minimum atomic E-state index is -0.521. The van der Waals surface area contributed by atoms with Crippen LogP contribution in [0.25, 0.3) is 0 Å². The Morgan fingerprint density at radius 2 is 2.15 bits per heavy atom. The van der Waals surface area contributed by atoms with Crippen LogP contribution in [0.2, 0.25) is 0 Å². The van der Waals surface area contributed by atoms with E-state index in [2.05, 4.69) is 28.2 Å². The SMILES string of the molecule is CC#CC[C@H](C)[C@H](O)C=C[C@H]1[C@H](O)C[C@]23CC(C[C@@H]12)C3CCCC(=O)NCc1ccncc1. The van der Waals surface area contributed by atoms with E-state index in [-0.39, 0.29) is 29.3 Å². The van der Waals surface area contributed by atoms with E-state index in [4.69, 9.17) is 0 Å². The standard InChI is InChI=1S/C28H38N2O3/c1-3-4-6-19(2)25(31)10-9-22-24-15-21-16-28(24,17-26(22)32)23(21)7-5-8-27(33)30-18-20-11-13-29-14-12-20/h9-14,19,21-26,31-32H,5-8,15-18H2,1-2H3,(H,30,33)/t19-,21?,22+,23?,24-,25+,26+,28-/m0/s1. The maximum absolute atomic E-state index is 12.3. The number of pyridine rings is 1. The topological polar surface area (TPSA) is 82.5 Å². The van der Waals surface area contributed by atoms with Crippen molar-refractivity contribution < 1.29 is 15.0 Å². The van der Waals surface area contributed by atoms with Gasteiger partial charge in [0, 0.05) is 37.7 Å². The summed E-state index contributed by atoms with van der Waals surface area (Å²) in [6, 6.07) is 3.84. The van der Waals surface area contributed by atoms with Gasteiger partial charge in [0.25, 0.3) is 0 Å². The first kappa shape index (κ1) is 24.0. The number of nitrogens with zero attached hydrogens (tertiary/aromatic N) is 1. The van der Waals surface area contributed by atoms with Crippen molar-refractivity contribution in [2.75, 3.05) is 0 Å². The van der Waals surface area contributed by atoms with Crippen molar-refractivity contribution in [1.29, 1.82) is 0 Å². The van der Waals surface area contributed by atoms with Crippen molar-refractivity contribution in [1.82, 2.24) is 10.3 Å². The zero-order valence-electron chi connectivity index (χ0n) is 19.9. The number of aliphatic hydroxyl groups is 2. The monoisotopic (exact) mass is 450 g/mol. The number of carbonyl (C=O) groups excluding carboxylic acids is 1. The van der Waals surface area contributed by atoms with E-state index < -0.39 is 6.10 Å². The van der Waals surface area contributed by atoms with Crippen molar-refractivity contribution in [3.05, 3.63) is 42.2 Å². The Balaban J connectivity index is 1.25. The van der Waals surface area contributed by atoms with Crippen LogP contribution in [0.5, 0.6) is 0 Å². The van der Waals surface area contributed by atoms with E-state index in [9.17, 15) is 15.0 Å². The zero-order valence-corrected chi connectivity index (χ0v) is 19.9. The van der Waals surface area contributed by atoms with Gasteiger partial charge in [-0.2, -0.15) is 0 Å². The van der Waals surface area contributed by atoms with Crippen LogP contribution in [0.15, 0.2) is 36.7 Å². The molecule has 0 radical (unpaired) electrons. The zero-order chi connectivity index (χ0) is 23.4. The van der Waals surface area contributed by atoms with Gasteiger partial charge in [0.1, 0.15) is 0 Å². The molecule has 8 atom stereocenters. The smallest absolute Gasteiger partial charge is 0.220 e. The minimum Gasteiger partial charge on any atom is -0.392 e. The lowest BCUT2D eigenvalue weighted by Crippen LogP contribution is -2.41. The summed E-state index contributed by atoms with van der Waals surface area (Å²) >= 11 is 0. The van der Waals surface area contributed by atoms with Gasteiger partial charge < -0.3 is 15.5 Å². The maximum Gasteiger partial charge on any atom is 0.220 e. The second-order valence-corrected chi connectivity index (χ2v) is 10.5. The van der Waals surface area contributed by atoms with Crippen LogP contribution in [-0.4, -0.2) is 33.3 Å². The number of hydrogen-bond donors (Lipinski definition) is 3. The molecule has 1 heterocycles. The lowest BCUT2D eigenvalue weighted by molar-refractivity contribution is -0.121. The van der Waals surface area contributed by atoms with Gasteiger partial charge in [0.2, 0.25) is 5.91 Å². The molecule has 4 aliphatic carbocycles. The van der Waals surface area contributed by atoms with E-state index in [0.29, 0.717) is 31.2 Å². The molecule has 2 unspecified atom stereocenters. The van der Waals surface area contributed by atoms with Gasteiger partial charge in [-0.25, -0.2) is 0 Å². The van der Waals surface area contributed by atoms with Crippen LogP contribution in [0.4, 0.5) is 0 Å². The Hall–Kier alpha value is -2.16. The molecule has 0 aromatic carbocycles. The van der Waals surface area contributed by atoms with Crippen molar-refractivity contribution in [3.8, 4) is 11.8 Å². The number of nitrogens with one attached hydrogen (secondary N) is 1. The van der Waals surface area contributed by atoms with E-state index in [1.165, 1.54) is 12.8 Å². The first-order valence-corrected chi connectivity index (χ1v) is 12.5. The molecular formula is C28H38N2O3. The highest BCUT2D eigenvalue weighted by Crippen LogP contribution is 2.74. The van der Waals surface area contributed by atoms with Crippen LogP contribution in [0.1, 0.15) is 64.4 Å². The Bertz CT molecular complexity index is 905. The summed E-state index contributed by atoms with van der Waals surface area (Å²) in [5.74, 6) is 8.15.